The van der Waals surface area contributed by atoms with Crippen LogP contribution in [0.25, 0.3) is 0 Å². The van der Waals surface area contributed by atoms with Crippen molar-refractivity contribution in [3.8, 4) is 17.6 Å². The summed E-state index contributed by atoms with van der Waals surface area (Å²) in [6.45, 7) is 0.905. The lowest BCUT2D eigenvalue weighted by molar-refractivity contribution is 0.171. The zero-order valence-electron chi connectivity index (χ0n) is 11.4. The molecule has 0 aromatic heterocycles. The molecular weight excluding hydrogens is 304 g/mol. The predicted molar refractivity (Wildman–Crippen MR) is 79.4 cm³/mol. The lowest BCUT2D eigenvalue weighted by Crippen LogP contribution is -2.16. The Hall–Kier alpha value is -2.72. The van der Waals surface area contributed by atoms with Crippen LogP contribution in [-0.2, 0) is 10.0 Å². The van der Waals surface area contributed by atoms with Gasteiger partial charge in [-0.05, 0) is 36.4 Å². The molecule has 0 aliphatic carbocycles. The van der Waals surface area contributed by atoms with Gasteiger partial charge in [-0.3, -0.25) is 4.72 Å². The molecule has 0 saturated carbocycles. The van der Waals surface area contributed by atoms with Gasteiger partial charge in [-0.25, -0.2) is 8.42 Å². The number of anilines is 1. The summed E-state index contributed by atoms with van der Waals surface area (Å²) in [5.41, 5.74) is 0.784. The fourth-order valence-corrected chi connectivity index (χ4v) is 3.08. The van der Waals surface area contributed by atoms with Crippen LogP contribution >= 0.6 is 0 Å². The fourth-order valence-electron chi connectivity index (χ4n) is 2.03. The van der Waals surface area contributed by atoms with Gasteiger partial charge in [0.15, 0.2) is 11.5 Å². The van der Waals surface area contributed by atoms with Crippen LogP contribution in [0.2, 0.25) is 0 Å². The van der Waals surface area contributed by atoms with E-state index in [1.807, 2.05) is 6.07 Å². The highest BCUT2D eigenvalue weighted by Gasteiger charge is 2.17. The molecule has 0 spiro atoms. The number of fused-ring (bicyclic) bond motifs is 1. The van der Waals surface area contributed by atoms with Gasteiger partial charge in [-0.2, -0.15) is 5.26 Å². The van der Waals surface area contributed by atoms with E-state index < -0.39 is 10.0 Å². The Morgan fingerprint density at radius 2 is 1.68 bits per heavy atom. The summed E-state index contributed by atoms with van der Waals surface area (Å²) in [6, 6.07) is 12.5. The average molecular weight is 316 g/mol. The highest BCUT2D eigenvalue weighted by molar-refractivity contribution is 7.92. The van der Waals surface area contributed by atoms with Crippen molar-refractivity contribution in [2.24, 2.45) is 0 Å². The number of ether oxygens (including phenoxy) is 2. The van der Waals surface area contributed by atoms with Crippen molar-refractivity contribution in [1.29, 1.82) is 5.26 Å². The minimum absolute atomic E-state index is 0.0846. The van der Waals surface area contributed by atoms with Crippen LogP contribution in [0.5, 0.6) is 11.5 Å². The molecule has 0 unspecified atom stereocenters. The van der Waals surface area contributed by atoms with Crippen molar-refractivity contribution >= 4 is 15.7 Å². The highest BCUT2D eigenvalue weighted by atomic mass is 32.2. The quantitative estimate of drug-likeness (QED) is 0.937. The van der Waals surface area contributed by atoms with Gasteiger partial charge in [-0.15, -0.1) is 0 Å². The van der Waals surface area contributed by atoms with Crippen LogP contribution in [-0.4, -0.2) is 21.6 Å². The Labute approximate surface area is 128 Å². The van der Waals surface area contributed by atoms with Crippen molar-refractivity contribution in [3.63, 3.8) is 0 Å². The lowest BCUT2D eigenvalue weighted by atomic mass is 10.2. The van der Waals surface area contributed by atoms with Crippen LogP contribution in [0.3, 0.4) is 0 Å². The molecule has 1 aliphatic heterocycles. The van der Waals surface area contributed by atoms with E-state index in [9.17, 15) is 8.42 Å². The number of benzene rings is 2. The summed E-state index contributed by atoms with van der Waals surface area (Å²) >= 11 is 0. The van der Waals surface area contributed by atoms with Crippen molar-refractivity contribution in [2.45, 2.75) is 4.90 Å². The van der Waals surface area contributed by atoms with Gasteiger partial charge in [0.2, 0.25) is 0 Å². The molecule has 2 aromatic rings. The van der Waals surface area contributed by atoms with E-state index in [2.05, 4.69) is 4.72 Å². The third kappa shape index (κ3) is 2.82. The van der Waals surface area contributed by atoms with Gasteiger partial charge in [0, 0.05) is 6.07 Å². The summed E-state index contributed by atoms with van der Waals surface area (Å²) in [5, 5.41) is 8.74. The Bertz CT molecular complexity index is 839. The van der Waals surface area contributed by atoms with Crippen LogP contribution in [0.1, 0.15) is 5.56 Å². The van der Waals surface area contributed by atoms with Gasteiger partial charge in [0.1, 0.15) is 13.2 Å². The number of sulfonamides is 1. The number of nitriles is 1. The normalized spacial score (nSPS) is 13.2. The zero-order chi connectivity index (χ0) is 15.6. The molecule has 0 radical (unpaired) electrons. The summed E-state index contributed by atoms with van der Waals surface area (Å²) < 4.78 is 37.9. The molecule has 7 heteroatoms. The van der Waals surface area contributed by atoms with Crippen molar-refractivity contribution in [3.05, 3.63) is 48.0 Å². The second kappa shape index (κ2) is 5.58. The molecule has 22 heavy (non-hydrogen) atoms. The van der Waals surface area contributed by atoms with E-state index in [1.165, 1.54) is 24.3 Å². The minimum atomic E-state index is -3.72. The van der Waals surface area contributed by atoms with Gasteiger partial charge < -0.3 is 9.47 Å². The Balaban J connectivity index is 1.86. The topological polar surface area (TPSA) is 88.4 Å². The molecule has 1 N–H and O–H groups in total. The molecular formula is C15H12N2O4S. The lowest BCUT2D eigenvalue weighted by Gasteiger charge is -2.19. The van der Waals surface area contributed by atoms with Crippen molar-refractivity contribution in [1.82, 2.24) is 0 Å². The van der Waals surface area contributed by atoms with Crippen molar-refractivity contribution in [2.75, 3.05) is 17.9 Å². The standard InChI is InChI=1S/C15H12N2O4S/c16-10-11-1-4-13(5-2-11)22(18,19)17-12-3-6-14-15(9-12)21-8-7-20-14/h1-6,9,17H,7-8H2. The molecule has 1 aliphatic rings. The third-order valence-corrected chi connectivity index (χ3v) is 4.49. The summed E-state index contributed by atoms with van der Waals surface area (Å²) in [7, 11) is -3.72. The Morgan fingerprint density at radius 3 is 2.36 bits per heavy atom. The second-order valence-corrected chi connectivity index (χ2v) is 6.28. The van der Waals surface area contributed by atoms with E-state index in [1.54, 1.807) is 18.2 Å². The van der Waals surface area contributed by atoms with E-state index >= 15 is 0 Å². The average Bonchev–Trinajstić information content (AvgIpc) is 2.54. The maximum absolute atomic E-state index is 12.3. The highest BCUT2D eigenvalue weighted by Crippen LogP contribution is 2.33. The van der Waals surface area contributed by atoms with E-state index in [4.69, 9.17) is 14.7 Å². The molecule has 112 valence electrons. The zero-order valence-corrected chi connectivity index (χ0v) is 12.3. The van der Waals surface area contributed by atoms with Crippen molar-refractivity contribution < 1.29 is 17.9 Å². The number of hydrogen-bond acceptors (Lipinski definition) is 5. The fraction of sp³-hybridized carbons (Fsp3) is 0.133. The number of nitrogens with zero attached hydrogens (tertiary/aromatic N) is 1. The maximum Gasteiger partial charge on any atom is 0.261 e. The monoisotopic (exact) mass is 316 g/mol. The number of rotatable bonds is 3. The van der Waals surface area contributed by atoms with Crippen LogP contribution in [0.15, 0.2) is 47.4 Å². The van der Waals surface area contributed by atoms with E-state index in [0.29, 0.717) is 36.0 Å². The SMILES string of the molecule is N#Cc1ccc(S(=O)(=O)Nc2ccc3c(c2)OCCO3)cc1. The minimum Gasteiger partial charge on any atom is -0.486 e. The Kier molecular flexibility index (Phi) is 3.61. The number of nitrogens with one attached hydrogen (secondary N) is 1. The Morgan fingerprint density at radius 1 is 1.00 bits per heavy atom. The van der Waals surface area contributed by atoms with E-state index in [0.717, 1.165) is 0 Å². The van der Waals surface area contributed by atoms with Crippen LogP contribution < -0.4 is 14.2 Å². The first-order valence-corrected chi connectivity index (χ1v) is 7.99. The molecule has 0 fully saturated rings. The molecule has 6 nitrogen and oxygen atoms in total. The molecule has 0 amide bonds. The molecule has 0 saturated heterocycles. The third-order valence-electron chi connectivity index (χ3n) is 3.09. The first kappa shape index (κ1) is 14.2. The molecule has 0 atom stereocenters. The predicted octanol–water partition coefficient (Wildman–Crippen LogP) is 2.13. The van der Waals surface area contributed by atoms with Gasteiger partial charge in [0.05, 0.1) is 22.2 Å². The van der Waals surface area contributed by atoms with Gasteiger partial charge in [0.25, 0.3) is 10.0 Å². The van der Waals surface area contributed by atoms with Gasteiger partial charge >= 0.3 is 0 Å². The second-order valence-electron chi connectivity index (χ2n) is 4.60. The van der Waals surface area contributed by atoms with Crippen LogP contribution in [0, 0.1) is 11.3 Å². The molecule has 2 aromatic carbocycles. The van der Waals surface area contributed by atoms with Crippen LogP contribution in [0.4, 0.5) is 5.69 Å². The summed E-state index contributed by atoms with van der Waals surface area (Å²) in [5.74, 6) is 1.10. The summed E-state index contributed by atoms with van der Waals surface area (Å²) in [4.78, 5) is 0.0846. The molecule has 3 rings (SSSR count). The van der Waals surface area contributed by atoms with E-state index in [-0.39, 0.29) is 4.90 Å². The smallest absolute Gasteiger partial charge is 0.261 e. The number of hydrogen-bond donors (Lipinski definition) is 1. The summed E-state index contributed by atoms with van der Waals surface area (Å²) in [6.07, 6.45) is 0. The first-order valence-electron chi connectivity index (χ1n) is 6.51. The van der Waals surface area contributed by atoms with Gasteiger partial charge in [-0.1, -0.05) is 0 Å². The first-order chi connectivity index (χ1) is 10.6. The molecule has 1 heterocycles. The largest absolute Gasteiger partial charge is 0.486 e. The maximum atomic E-state index is 12.3. The molecule has 0 bridgehead atoms.